The molecule has 1 saturated heterocycles. The number of likely N-dealkylation sites (tertiary alicyclic amines) is 1. The molecule has 0 radical (unpaired) electrons. The van der Waals surface area contributed by atoms with Crippen molar-refractivity contribution in [2.24, 2.45) is 23.5 Å². The largest absolute Gasteiger partial charge is 0.342 e. The number of aryl methyl sites for hydroxylation is 1. The van der Waals surface area contributed by atoms with E-state index in [2.05, 4.69) is 40.7 Å². The van der Waals surface area contributed by atoms with Crippen molar-refractivity contribution in [2.75, 3.05) is 13.1 Å². The molecule has 5 rings (SSSR count). The van der Waals surface area contributed by atoms with Gasteiger partial charge in [0.15, 0.2) is 0 Å². The van der Waals surface area contributed by atoms with Crippen LogP contribution in [0, 0.1) is 17.8 Å². The van der Waals surface area contributed by atoms with Gasteiger partial charge in [-0.05, 0) is 62.5 Å². The molecule has 1 aromatic carbocycles. The molecule has 2 heterocycles. The van der Waals surface area contributed by atoms with E-state index < -0.39 is 0 Å². The van der Waals surface area contributed by atoms with Crippen LogP contribution in [0.4, 0.5) is 0 Å². The van der Waals surface area contributed by atoms with Crippen molar-refractivity contribution in [2.45, 2.75) is 70.4 Å². The fraction of sp³-hybridized carbons (Fsp3) is 0.667. The summed E-state index contributed by atoms with van der Waals surface area (Å²) in [5.41, 5.74) is 8.77. The average molecular weight is 431 g/mol. The predicted molar refractivity (Wildman–Crippen MR) is 123 cm³/mol. The summed E-state index contributed by atoms with van der Waals surface area (Å²) in [5, 5.41) is 0. The van der Waals surface area contributed by atoms with Gasteiger partial charge in [-0.2, -0.15) is 0 Å². The molecule has 2 aliphatic carbocycles. The zero-order chi connectivity index (χ0) is 20.0. The van der Waals surface area contributed by atoms with Crippen molar-refractivity contribution in [3.8, 4) is 0 Å². The Labute approximate surface area is 185 Å². The second kappa shape index (κ2) is 8.88. The first-order chi connectivity index (χ1) is 14.2. The third kappa shape index (κ3) is 3.75. The second-order valence-corrected chi connectivity index (χ2v) is 9.49. The molecule has 1 amide bonds. The van der Waals surface area contributed by atoms with E-state index >= 15 is 0 Å². The van der Waals surface area contributed by atoms with Crippen LogP contribution in [0.2, 0.25) is 0 Å². The van der Waals surface area contributed by atoms with Gasteiger partial charge in [0, 0.05) is 37.5 Å². The standard InChI is InChI=1S/C24H34N4O.ClH/c1-2-22-26-20-8-3-4-9-21(20)28(22)19-10-12-27(13-11-19)24(29)18-14-16-6-5-7-17(15-18)23(16)25;/h3-4,8-9,16-19,23H,2,5-7,10-15,25H2,1H3;1H. The summed E-state index contributed by atoms with van der Waals surface area (Å²) in [6.45, 7) is 3.93. The quantitative estimate of drug-likeness (QED) is 0.787. The van der Waals surface area contributed by atoms with Crippen LogP contribution in [0.25, 0.3) is 11.0 Å². The van der Waals surface area contributed by atoms with Crippen molar-refractivity contribution in [3.63, 3.8) is 0 Å². The van der Waals surface area contributed by atoms with Crippen LogP contribution in [-0.4, -0.2) is 39.5 Å². The van der Waals surface area contributed by atoms with Gasteiger partial charge in [-0.1, -0.05) is 25.5 Å². The molecule has 164 valence electrons. The fourth-order valence-electron chi connectivity index (χ4n) is 6.34. The van der Waals surface area contributed by atoms with E-state index in [4.69, 9.17) is 10.7 Å². The minimum absolute atomic E-state index is 0. The minimum atomic E-state index is 0. The van der Waals surface area contributed by atoms with Gasteiger partial charge in [0.25, 0.3) is 0 Å². The predicted octanol–water partition coefficient (Wildman–Crippen LogP) is 4.34. The van der Waals surface area contributed by atoms with Crippen molar-refractivity contribution in [1.82, 2.24) is 14.5 Å². The number of hydrogen-bond donors (Lipinski definition) is 1. The molecule has 2 bridgehead atoms. The van der Waals surface area contributed by atoms with Crippen molar-refractivity contribution in [1.29, 1.82) is 0 Å². The first kappa shape index (κ1) is 21.6. The molecule has 2 N–H and O–H groups in total. The number of rotatable bonds is 3. The van der Waals surface area contributed by atoms with Crippen LogP contribution in [-0.2, 0) is 11.2 Å². The lowest BCUT2D eigenvalue weighted by Gasteiger charge is -2.45. The van der Waals surface area contributed by atoms with E-state index in [1.807, 2.05) is 0 Å². The third-order valence-electron chi connectivity index (χ3n) is 7.89. The van der Waals surface area contributed by atoms with Crippen molar-refractivity contribution < 1.29 is 4.79 Å². The van der Waals surface area contributed by atoms with E-state index in [9.17, 15) is 4.79 Å². The Morgan fingerprint density at radius 2 is 1.77 bits per heavy atom. The number of para-hydroxylation sites is 2. The molecular formula is C24H35ClN4O. The summed E-state index contributed by atoms with van der Waals surface area (Å²) in [4.78, 5) is 20.3. The third-order valence-corrected chi connectivity index (χ3v) is 7.89. The first-order valence-electron chi connectivity index (χ1n) is 11.7. The molecule has 2 aromatic rings. The maximum atomic E-state index is 13.3. The minimum Gasteiger partial charge on any atom is -0.342 e. The number of carbonyl (C=O) groups is 1. The highest BCUT2D eigenvalue weighted by Gasteiger charge is 2.42. The summed E-state index contributed by atoms with van der Waals surface area (Å²) < 4.78 is 2.45. The lowest BCUT2D eigenvalue weighted by molar-refractivity contribution is -0.140. The van der Waals surface area contributed by atoms with Crippen LogP contribution >= 0.6 is 12.4 Å². The number of halogens is 1. The van der Waals surface area contributed by atoms with E-state index in [0.717, 1.165) is 50.7 Å². The van der Waals surface area contributed by atoms with E-state index in [1.165, 1.54) is 30.6 Å². The summed E-state index contributed by atoms with van der Waals surface area (Å²) in [5.74, 6) is 2.92. The highest BCUT2D eigenvalue weighted by molar-refractivity contribution is 5.85. The summed E-state index contributed by atoms with van der Waals surface area (Å²) >= 11 is 0. The monoisotopic (exact) mass is 430 g/mol. The van der Waals surface area contributed by atoms with E-state index in [-0.39, 0.29) is 18.3 Å². The maximum Gasteiger partial charge on any atom is 0.225 e. The molecule has 5 nitrogen and oxygen atoms in total. The zero-order valence-electron chi connectivity index (χ0n) is 18.0. The Morgan fingerprint density at radius 1 is 1.10 bits per heavy atom. The molecule has 2 unspecified atom stereocenters. The van der Waals surface area contributed by atoms with Crippen LogP contribution in [0.1, 0.15) is 63.7 Å². The zero-order valence-corrected chi connectivity index (χ0v) is 18.8. The molecule has 3 fully saturated rings. The average Bonchev–Trinajstić information content (AvgIpc) is 3.12. The summed E-state index contributed by atoms with van der Waals surface area (Å²) in [6, 6.07) is 9.23. The van der Waals surface area contributed by atoms with Gasteiger partial charge < -0.3 is 15.2 Å². The molecule has 1 aliphatic heterocycles. The van der Waals surface area contributed by atoms with Crippen LogP contribution < -0.4 is 5.73 Å². The molecule has 2 saturated carbocycles. The number of benzene rings is 1. The Balaban J connectivity index is 0.00000218. The Kier molecular flexibility index (Phi) is 6.40. The van der Waals surface area contributed by atoms with Gasteiger partial charge in [0.2, 0.25) is 5.91 Å². The number of hydrogen-bond acceptors (Lipinski definition) is 3. The molecule has 0 spiro atoms. The first-order valence-corrected chi connectivity index (χ1v) is 11.7. The molecule has 1 aromatic heterocycles. The van der Waals surface area contributed by atoms with Crippen molar-refractivity contribution >= 4 is 29.3 Å². The van der Waals surface area contributed by atoms with E-state index in [1.54, 1.807) is 0 Å². The van der Waals surface area contributed by atoms with Crippen molar-refractivity contribution in [3.05, 3.63) is 30.1 Å². The number of piperidine rings is 1. The molecular weight excluding hydrogens is 396 g/mol. The Hall–Kier alpha value is -1.59. The molecule has 30 heavy (non-hydrogen) atoms. The number of fused-ring (bicyclic) bond motifs is 3. The van der Waals surface area contributed by atoms with Crippen LogP contribution in [0.15, 0.2) is 24.3 Å². The van der Waals surface area contributed by atoms with Gasteiger partial charge >= 0.3 is 0 Å². The molecule has 2 atom stereocenters. The van der Waals surface area contributed by atoms with Crippen LogP contribution in [0.5, 0.6) is 0 Å². The lowest BCUT2D eigenvalue weighted by atomic mass is 9.65. The number of aromatic nitrogens is 2. The smallest absolute Gasteiger partial charge is 0.225 e. The number of nitrogens with two attached hydrogens (primary N) is 1. The SMILES string of the molecule is CCc1nc2ccccc2n1C1CCN(C(=O)C2CC3CCCC(C2)C3N)CC1.Cl. The molecule has 6 heteroatoms. The lowest BCUT2D eigenvalue weighted by Crippen LogP contribution is -2.50. The van der Waals surface area contributed by atoms with Gasteiger partial charge in [-0.15, -0.1) is 12.4 Å². The van der Waals surface area contributed by atoms with E-state index in [0.29, 0.717) is 29.8 Å². The Morgan fingerprint density at radius 3 is 2.43 bits per heavy atom. The topological polar surface area (TPSA) is 64.2 Å². The second-order valence-electron chi connectivity index (χ2n) is 9.49. The Bertz CT molecular complexity index is 874. The van der Waals surface area contributed by atoms with Gasteiger partial charge in [-0.25, -0.2) is 4.98 Å². The summed E-state index contributed by atoms with van der Waals surface area (Å²) in [7, 11) is 0. The number of carbonyl (C=O) groups excluding carboxylic acids is 1. The highest BCUT2D eigenvalue weighted by atomic mass is 35.5. The number of imidazole rings is 1. The van der Waals surface area contributed by atoms with Gasteiger partial charge in [0.05, 0.1) is 11.0 Å². The number of amides is 1. The number of nitrogens with zero attached hydrogens (tertiary/aromatic N) is 3. The van der Waals surface area contributed by atoms with Crippen LogP contribution in [0.3, 0.4) is 0 Å². The highest BCUT2D eigenvalue weighted by Crippen LogP contribution is 2.43. The summed E-state index contributed by atoms with van der Waals surface area (Å²) in [6.07, 6.45) is 8.77. The van der Waals surface area contributed by atoms with Gasteiger partial charge in [0.1, 0.15) is 5.82 Å². The maximum absolute atomic E-state index is 13.3. The molecule has 3 aliphatic rings. The fourth-order valence-corrected chi connectivity index (χ4v) is 6.34. The normalized spacial score (nSPS) is 29.6. The van der Waals surface area contributed by atoms with Gasteiger partial charge in [-0.3, -0.25) is 4.79 Å².